The van der Waals surface area contributed by atoms with E-state index in [0.29, 0.717) is 12.3 Å². The number of ether oxygens (including phenoxy) is 1. The molecule has 0 radical (unpaired) electrons. The van der Waals surface area contributed by atoms with Crippen LogP contribution in [0.25, 0.3) is 0 Å². The predicted octanol–water partition coefficient (Wildman–Crippen LogP) is 0.904. The van der Waals surface area contributed by atoms with Crippen LogP contribution in [0.2, 0.25) is 0 Å². The lowest BCUT2D eigenvalue weighted by Crippen LogP contribution is -2.33. The van der Waals surface area contributed by atoms with E-state index in [0.717, 1.165) is 17.7 Å². The summed E-state index contributed by atoms with van der Waals surface area (Å²) in [5.74, 6) is -1.34. The van der Waals surface area contributed by atoms with E-state index in [2.05, 4.69) is 5.32 Å². The lowest BCUT2D eigenvalue weighted by molar-refractivity contribution is 0.102. The Labute approximate surface area is 127 Å². The van der Waals surface area contributed by atoms with Crippen molar-refractivity contribution in [2.75, 3.05) is 12.4 Å². The summed E-state index contributed by atoms with van der Waals surface area (Å²) in [6, 6.07) is 10.5. The first-order valence-electron chi connectivity index (χ1n) is 6.56. The third-order valence-electron chi connectivity index (χ3n) is 3.04. The average molecular weight is 303 g/mol. The van der Waals surface area contributed by atoms with Crippen LogP contribution in [0.15, 0.2) is 42.5 Å². The van der Waals surface area contributed by atoms with Crippen LogP contribution in [0, 0.1) is 5.82 Å². The quantitative estimate of drug-likeness (QED) is 0.717. The average Bonchev–Trinajstić information content (AvgIpc) is 2.47. The molecule has 0 spiro atoms. The molecule has 0 aliphatic rings. The van der Waals surface area contributed by atoms with Crippen molar-refractivity contribution in [2.24, 2.45) is 0 Å². The van der Waals surface area contributed by atoms with E-state index in [4.69, 9.17) is 14.8 Å². The summed E-state index contributed by atoms with van der Waals surface area (Å²) in [7, 11) is -0.339. The van der Waals surface area contributed by atoms with Gasteiger partial charge in [-0.1, -0.05) is 18.2 Å². The van der Waals surface area contributed by atoms with Crippen LogP contribution in [0.3, 0.4) is 0 Å². The van der Waals surface area contributed by atoms with E-state index in [-0.39, 0.29) is 11.0 Å². The molecule has 0 saturated carbocycles. The zero-order valence-electron chi connectivity index (χ0n) is 11.9. The van der Waals surface area contributed by atoms with Crippen LogP contribution in [0.5, 0.6) is 0 Å². The number of carbonyl (C=O) groups is 1. The van der Waals surface area contributed by atoms with E-state index in [9.17, 15) is 9.18 Å². The molecule has 22 heavy (non-hydrogen) atoms. The molecule has 0 aliphatic heterocycles. The number of amides is 1. The standard InChI is InChI=1S/C15H15BFNO4/c1-22-9-10-3-2-4-12(7-10)18-15(19)11-5-6-13(16(20)21)14(17)8-11/h2-8,20-21H,9H2,1H3,(H,18,19). The molecule has 2 aromatic rings. The molecule has 0 saturated heterocycles. The highest BCUT2D eigenvalue weighted by atomic mass is 19.1. The summed E-state index contributed by atoms with van der Waals surface area (Å²) in [4.78, 5) is 12.1. The number of nitrogens with one attached hydrogen (secondary N) is 1. The first-order valence-corrected chi connectivity index (χ1v) is 6.56. The lowest BCUT2D eigenvalue weighted by Gasteiger charge is -2.08. The van der Waals surface area contributed by atoms with Crippen molar-refractivity contribution in [3.63, 3.8) is 0 Å². The van der Waals surface area contributed by atoms with Crippen LogP contribution < -0.4 is 10.8 Å². The molecule has 0 fully saturated rings. The van der Waals surface area contributed by atoms with E-state index in [1.54, 1.807) is 25.3 Å². The Morgan fingerprint density at radius 2 is 2.05 bits per heavy atom. The van der Waals surface area contributed by atoms with Crippen LogP contribution in [0.1, 0.15) is 15.9 Å². The van der Waals surface area contributed by atoms with Gasteiger partial charge < -0.3 is 20.1 Å². The normalized spacial score (nSPS) is 10.4. The molecule has 0 aliphatic carbocycles. The molecule has 0 heterocycles. The lowest BCUT2D eigenvalue weighted by atomic mass is 9.79. The summed E-state index contributed by atoms with van der Waals surface area (Å²) < 4.78 is 18.7. The van der Waals surface area contributed by atoms with Crippen molar-refractivity contribution in [1.29, 1.82) is 0 Å². The molecule has 0 bridgehead atoms. The van der Waals surface area contributed by atoms with Crippen molar-refractivity contribution in [3.8, 4) is 0 Å². The number of carbonyl (C=O) groups excluding carboxylic acids is 1. The second-order valence-corrected chi connectivity index (χ2v) is 4.70. The largest absolute Gasteiger partial charge is 0.491 e. The number of methoxy groups -OCH3 is 1. The fourth-order valence-electron chi connectivity index (χ4n) is 1.99. The van der Waals surface area contributed by atoms with Gasteiger partial charge in [-0.3, -0.25) is 4.79 Å². The molecule has 114 valence electrons. The van der Waals surface area contributed by atoms with Crippen molar-refractivity contribution >= 4 is 24.2 Å². The number of rotatable bonds is 5. The molecule has 2 rings (SSSR count). The Morgan fingerprint density at radius 1 is 1.27 bits per heavy atom. The van der Waals surface area contributed by atoms with Crippen LogP contribution in [-0.4, -0.2) is 30.2 Å². The van der Waals surface area contributed by atoms with Gasteiger partial charge in [-0.15, -0.1) is 0 Å². The monoisotopic (exact) mass is 303 g/mol. The highest BCUT2D eigenvalue weighted by Gasteiger charge is 2.18. The van der Waals surface area contributed by atoms with Gasteiger partial charge in [-0.25, -0.2) is 4.39 Å². The maximum absolute atomic E-state index is 13.6. The van der Waals surface area contributed by atoms with Gasteiger partial charge in [0.2, 0.25) is 0 Å². The van der Waals surface area contributed by atoms with Crippen LogP contribution >= 0.6 is 0 Å². The SMILES string of the molecule is COCc1cccc(NC(=O)c2ccc(B(O)O)c(F)c2)c1. The highest BCUT2D eigenvalue weighted by molar-refractivity contribution is 6.58. The molecule has 7 heteroatoms. The highest BCUT2D eigenvalue weighted by Crippen LogP contribution is 2.13. The molecular weight excluding hydrogens is 288 g/mol. The zero-order valence-corrected chi connectivity index (χ0v) is 11.9. The van der Waals surface area contributed by atoms with Crippen molar-refractivity contribution in [2.45, 2.75) is 6.61 Å². The first-order chi connectivity index (χ1) is 10.5. The smallest absolute Gasteiger partial charge is 0.423 e. The van der Waals surface area contributed by atoms with Gasteiger partial charge >= 0.3 is 7.12 Å². The topological polar surface area (TPSA) is 78.8 Å². The Morgan fingerprint density at radius 3 is 2.68 bits per heavy atom. The number of benzene rings is 2. The van der Waals surface area contributed by atoms with Crippen molar-refractivity contribution < 1.29 is 24.0 Å². The first kappa shape index (κ1) is 16.2. The summed E-state index contributed by atoms with van der Waals surface area (Å²) >= 11 is 0. The second-order valence-electron chi connectivity index (χ2n) is 4.70. The Bertz CT molecular complexity index is 678. The van der Waals surface area contributed by atoms with Gasteiger partial charge in [0, 0.05) is 23.8 Å². The molecule has 2 aromatic carbocycles. The van der Waals surface area contributed by atoms with Crippen molar-refractivity contribution in [3.05, 3.63) is 59.4 Å². The minimum atomic E-state index is -1.91. The predicted molar refractivity (Wildman–Crippen MR) is 81.3 cm³/mol. The minimum absolute atomic E-state index is 0.0824. The van der Waals surface area contributed by atoms with Crippen LogP contribution in [0.4, 0.5) is 10.1 Å². The number of hydrogen-bond donors (Lipinski definition) is 3. The van der Waals surface area contributed by atoms with Gasteiger partial charge in [0.05, 0.1) is 6.61 Å². The van der Waals surface area contributed by atoms with Crippen LogP contribution in [-0.2, 0) is 11.3 Å². The van der Waals surface area contributed by atoms with E-state index < -0.39 is 18.8 Å². The third-order valence-corrected chi connectivity index (χ3v) is 3.04. The molecule has 1 amide bonds. The van der Waals surface area contributed by atoms with E-state index >= 15 is 0 Å². The zero-order chi connectivity index (χ0) is 16.1. The van der Waals surface area contributed by atoms with E-state index in [1.807, 2.05) is 6.07 Å². The molecule has 5 nitrogen and oxygen atoms in total. The molecule has 0 aromatic heterocycles. The molecular formula is C15H15BFNO4. The Hall–Kier alpha value is -2.22. The Balaban J connectivity index is 2.15. The Kier molecular flexibility index (Phi) is 5.27. The summed E-state index contributed by atoms with van der Waals surface area (Å²) in [5, 5.41) is 20.6. The number of halogens is 1. The maximum atomic E-state index is 13.6. The van der Waals surface area contributed by atoms with Gasteiger partial charge in [0.25, 0.3) is 5.91 Å². The summed E-state index contributed by atoms with van der Waals surface area (Å²) in [6.45, 7) is 0.418. The number of anilines is 1. The molecule has 3 N–H and O–H groups in total. The maximum Gasteiger partial charge on any atom is 0.491 e. The van der Waals surface area contributed by atoms with Gasteiger partial charge in [0.1, 0.15) is 5.82 Å². The molecule has 0 unspecified atom stereocenters. The summed E-state index contributed by atoms with van der Waals surface area (Å²) in [5.41, 5.74) is 1.26. The second kappa shape index (κ2) is 7.17. The van der Waals surface area contributed by atoms with Crippen molar-refractivity contribution in [1.82, 2.24) is 0 Å². The van der Waals surface area contributed by atoms with Gasteiger partial charge in [-0.2, -0.15) is 0 Å². The summed E-state index contributed by atoms with van der Waals surface area (Å²) in [6.07, 6.45) is 0. The fraction of sp³-hybridized carbons (Fsp3) is 0.133. The third kappa shape index (κ3) is 3.91. The van der Waals surface area contributed by atoms with Gasteiger partial charge in [0.15, 0.2) is 0 Å². The molecule has 0 atom stereocenters. The van der Waals surface area contributed by atoms with E-state index in [1.165, 1.54) is 6.07 Å². The minimum Gasteiger partial charge on any atom is -0.423 e. The number of hydrogen-bond acceptors (Lipinski definition) is 4. The fourth-order valence-corrected chi connectivity index (χ4v) is 1.99. The van der Waals surface area contributed by atoms with Gasteiger partial charge in [-0.05, 0) is 29.8 Å².